The molecule has 1 aromatic heterocycles. The molecule has 1 N–H and O–H groups in total. The van der Waals surface area contributed by atoms with Gasteiger partial charge in [-0.2, -0.15) is 23.0 Å². The number of alkyl halides is 3. The van der Waals surface area contributed by atoms with Crippen molar-refractivity contribution in [1.82, 2.24) is 14.3 Å². The molecule has 0 saturated carbocycles. The monoisotopic (exact) mass is 472 g/mol. The number of carbonyl (C=O) groups is 1. The molecule has 0 unspecified atom stereocenters. The smallest absolute Gasteiger partial charge is 0.425 e. The summed E-state index contributed by atoms with van der Waals surface area (Å²) in [7, 11) is 0. The van der Waals surface area contributed by atoms with Gasteiger partial charge in [0.05, 0.1) is 22.0 Å². The Kier molecular flexibility index (Phi) is 6.58. The van der Waals surface area contributed by atoms with E-state index in [2.05, 4.69) is 10.4 Å². The summed E-state index contributed by atoms with van der Waals surface area (Å²) in [6.45, 7) is 2.81. The van der Waals surface area contributed by atoms with Crippen molar-refractivity contribution in [3.05, 3.63) is 69.6 Å². The number of aromatic nitrogens is 3. The first kappa shape index (κ1) is 23.3. The van der Waals surface area contributed by atoms with Crippen LogP contribution in [-0.2, 0) is 6.54 Å². The van der Waals surface area contributed by atoms with Crippen molar-refractivity contribution in [3.8, 4) is 11.4 Å². The number of rotatable bonds is 6. The molecule has 0 radical (unpaired) electrons. The summed E-state index contributed by atoms with van der Waals surface area (Å²) >= 11 is 5.90. The molecule has 0 fully saturated rings. The molecule has 0 spiro atoms. The van der Waals surface area contributed by atoms with Gasteiger partial charge < -0.3 is 10.1 Å². The lowest BCUT2D eigenvalue weighted by Gasteiger charge is -2.20. The summed E-state index contributed by atoms with van der Waals surface area (Å²) in [6, 6.07) is 7.25. The van der Waals surface area contributed by atoms with E-state index in [0.717, 1.165) is 29.8 Å². The second kappa shape index (κ2) is 9.03. The lowest BCUT2D eigenvalue weighted by Crippen LogP contribution is -2.32. The maximum Gasteiger partial charge on any atom is 0.425 e. The predicted molar refractivity (Wildman–Crippen MR) is 109 cm³/mol. The van der Waals surface area contributed by atoms with Gasteiger partial charge in [-0.25, -0.2) is 9.18 Å². The molecular weight excluding hydrogens is 456 g/mol. The van der Waals surface area contributed by atoms with E-state index < -0.39 is 35.4 Å². The summed E-state index contributed by atoms with van der Waals surface area (Å²) in [5.74, 6) is -2.26. The average molecular weight is 473 g/mol. The Labute approximate surface area is 184 Å². The van der Waals surface area contributed by atoms with Gasteiger partial charge in [0.2, 0.25) is 0 Å². The Morgan fingerprint density at radius 3 is 2.59 bits per heavy atom. The lowest BCUT2D eigenvalue weighted by molar-refractivity contribution is -0.189. The highest BCUT2D eigenvalue weighted by Crippen LogP contribution is 2.31. The molecule has 3 aromatic rings. The Hall–Kier alpha value is -3.34. The largest absolute Gasteiger partial charge is 0.480 e. The van der Waals surface area contributed by atoms with E-state index in [1.54, 1.807) is 6.92 Å². The molecule has 7 nitrogen and oxygen atoms in total. The zero-order valence-electron chi connectivity index (χ0n) is 16.8. The van der Waals surface area contributed by atoms with Gasteiger partial charge in [-0.3, -0.25) is 9.36 Å². The molecule has 32 heavy (non-hydrogen) atoms. The number of nitrogens with zero attached hydrogens (tertiary/aromatic N) is 3. The van der Waals surface area contributed by atoms with Crippen LogP contribution < -0.4 is 15.7 Å². The summed E-state index contributed by atoms with van der Waals surface area (Å²) < 4.78 is 60.5. The fourth-order valence-corrected chi connectivity index (χ4v) is 2.92. The van der Waals surface area contributed by atoms with Crippen LogP contribution in [0.15, 0.2) is 47.5 Å². The molecule has 1 atom stereocenters. The van der Waals surface area contributed by atoms with Gasteiger partial charge in [0.25, 0.3) is 5.91 Å². The highest BCUT2D eigenvalue weighted by molar-refractivity contribution is 6.34. The van der Waals surface area contributed by atoms with Crippen molar-refractivity contribution in [1.29, 1.82) is 0 Å². The number of aryl methyl sites for hydroxylation is 1. The van der Waals surface area contributed by atoms with Crippen molar-refractivity contribution in [3.63, 3.8) is 0 Å². The minimum absolute atomic E-state index is 0.0760. The maximum absolute atomic E-state index is 14.0. The van der Waals surface area contributed by atoms with Crippen molar-refractivity contribution in [2.75, 3.05) is 5.32 Å². The normalized spacial score (nSPS) is 12.5. The molecule has 1 amide bonds. The molecule has 0 aliphatic carbocycles. The zero-order valence-corrected chi connectivity index (χ0v) is 17.5. The van der Waals surface area contributed by atoms with Crippen LogP contribution in [-0.4, -0.2) is 32.5 Å². The highest BCUT2D eigenvalue weighted by atomic mass is 35.5. The number of hydrogen-bond acceptors (Lipinski definition) is 4. The molecule has 2 aromatic carbocycles. The van der Waals surface area contributed by atoms with Gasteiger partial charge in [-0.15, -0.1) is 0 Å². The van der Waals surface area contributed by atoms with Crippen LogP contribution in [0.25, 0.3) is 5.69 Å². The number of hydrogen-bond donors (Lipinski definition) is 1. The van der Waals surface area contributed by atoms with E-state index in [1.807, 2.05) is 0 Å². The molecule has 12 heteroatoms. The Bertz CT molecular complexity index is 1190. The third-order valence-electron chi connectivity index (χ3n) is 4.49. The van der Waals surface area contributed by atoms with Gasteiger partial charge in [-0.1, -0.05) is 17.7 Å². The summed E-state index contributed by atoms with van der Waals surface area (Å²) in [4.78, 5) is 25.1. The number of nitrogens with one attached hydrogen (secondary N) is 1. The van der Waals surface area contributed by atoms with E-state index in [0.29, 0.717) is 6.54 Å². The first-order chi connectivity index (χ1) is 15.0. The van der Waals surface area contributed by atoms with Gasteiger partial charge in [-0.05, 0) is 38.1 Å². The Balaban J connectivity index is 2.05. The van der Waals surface area contributed by atoms with E-state index in [1.165, 1.54) is 29.1 Å². The fourth-order valence-electron chi connectivity index (χ4n) is 2.71. The van der Waals surface area contributed by atoms with Crippen molar-refractivity contribution < 1.29 is 27.1 Å². The summed E-state index contributed by atoms with van der Waals surface area (Å²) in [5, 5.41) is 6.05. The quantitative estimate of drug-likeness (QED) is 0.538. The number of amides is 1. The standard InChI is InChI=1S/C20H17ClF4N4O3/c1-3-28-10-26-29(19(28)31)12-7-8-13(16(9-12)32-11(2)20(23,24)25)18(30)27-17-14(21)5-4-6-15(17)22/h4-11H,3H2,1-2H3,(H,27,30)/t11-/m0/s1. The maximum atomic E-state index is 14.0. The second-order valence-corrected chi connectivity index (χ2v) is 7.05. The SMILES string of the molecule is CCn1cnn(-c2ccc(C(=O)Nc3c(F)cccc3Cl)c(O[C@@H](C)C(F)(F)F)c2)c1=O. The van der Waals surface area contributed by atoms with Crippen LogP contribution in [0.5, 0.6) is 5.75 Å². The van der Waals surface area contributed by atoms with Crippen LogP contribution in [0.1, 0.15) is 24.2 Å². The number of carbonyl (C=O) groups excluding carboxylic acids is 1. The van der Waals surface area contributed by atoms with Gasteiger partial charge in [0, 0.05) is 12.6 Å². The van der Waals surface area contributed by atoms with Crippen molar-refractivity contribution in [2.45, 2.75) is 32.7 Å². The summed E-state index contributed by atoms with van der Waals surface area (Å²) in [6.07, 6.45) is -5.73. The molecule has 3 rings (SSSR count). The molecule has 0 bridgehead atoms. The number of para-hydroxylation sites is 1. The molecule has 1 heterocycles. The zero-order chi connectivity index (χ0) is 23.6. The topological polar surface area (TPSA) is 78.2 Å². The Morgan fingerprint density at radius 1 is 1.28 bits per heavy atom. The average Bonchev–Trinajstić information content (AvgIpc) is 3.10. The number of anilines is 1. The lowest BCUT2D eigenvalue weighted by atomic mass is 10.1. The molecule has 0 saturated heterocycles. The van der Waals surface area contributed by atoms with Crippen molar-refractivity contribution in [2.24, 2.45) is 0 Å². The number of ether oxygens (including phenoxy) is 1. The van der Waals surface area contributed by atoms with E-state index >= 15 is 0 Å². The van der Waals surface area contributed by atoms with Gasteiger partial charge in [0.15, 0.2) is 6.10 Å². The van der Waals surface area contributed by atoms with Crippen molar-refractivity contribution >= 4 is 23.2 Å². The van der Waals surface area contributed by atoms with E-state index in [-0.39, 0.29) is 22.0 Å². The predicted octanol–water partition coefficient (Wildman–Crippen LogP) is 4.43. The molecular formula is C20H17ClF4N4O3. The first-order valence-corrected chi connectivity index (χ1v) is 9.68. The molecule has 170 valence electrons. The van der Waals surface area contributed by atoms with Gasteiger partial charge in [0.1, 0.15) is 17.9 Å². The van der Waals surface area contributed by atoms with Crippen LogP contribution in [0.4, 0.5) is 23.2 Å². The van der Waals surface area contributed by atoms with E-state index in [4.69, 9.17) is 16.3 Å². The highest BCUT2D eigenvalue weighted by Gasteiger charge is 2.38. The third kappa shape index (κ3) is 4.77. The first-order valence-electron chi connectivity index (χ1n) is 9.30. The van der Waals surface area contributed by atoms with Crippen LogP contribution in [0.3, 0.4) is 0 Å². The van der Waals surface area contributed by atoms with Gasteiger partial charge >= 0.3 is 11.9 Å². The van der Waals surface area contributed by atoms with E-state index in [9.17, 15) is 27.2 Å². The Morgan fingerprint density at radius 2 is 2.00 bits per heavy atom. The number of benzene rings is 2. The number of halogens is 5. The fraction of sp³-hybridized carbons (Fsp3) is 0.250. The molecule has 0 aliphatic heterocycles. The minimum Gasteiger partial charge on any atom is -0.480 e. The second-order valence-electron chi connectivity index (χ2n) is 6.64. The minimum atomic E-state index is -4.72. The summed E-state index contributed by atoms with van der Waals surface area (Å²) in [5.41, 5.74) is -1.12. The third-order valence-corrected chi connectivity index (χ3v) is 4.81. The van der Waals surface area contributed by atoms with Crippen LogP contribution in [0.2, 0.25) is 5.02 Å². The van der Waals surface area contributed by atoms with Crippen LogP contribution in [0, 0.1) is 5.82 Å². The van der Waals surface area contributed by atoms with Crippen LogP contribution >= 0.6 is 11.6 Å². The molecule has 0 aliphatic rings.